The van der Waals surface area contributed by atoms with Gasteiger partial charge in [-0.3, -0.25) is 9.59 Å². The number of benzene rings is 1. The highest BCUT2D eigenvalue weighted by Gasteiger charge is 2.36. The normalized spacial score (nSPS) is 15.5. The number of ether oxygens (including phenoxy) is 4. The first-order chi connectivity index (χ1) is 14.9. The van der Waals surface area contributed by atoms with Crippen LogP contribution in [-0.2, 0) is 14.3 Å². The highest BCUT2D eigenvalue weighted by Crippen LogP contribution is 2.42. The van der Waals surface area contributed by atoms with Crippen molar-refractivity contribution in [3.8, 4) is 17.2 Å². The average Bonchev–Trinajstić information content (AvgIpc) is 3.39. The number of nitrogens with one attached hydrogen (secondary N) is 1. The minimum Gasteiger partial charge on any atom is -0.493 e. The third kappa shape index (κ3) is 4.53. The van der Waals surface area contributed by atoms with Gasteiger partial charge in [0, 0.05) is 36.6 Å². The second-order valence-corrected chi connectivity index (χ2v) is 7.20. The summed E-state index contributed by atoms with van der Waals surface area (Å²) >= 11 is 0.863. The molecule has 1 saturated heterocycles. The maximum absolute atomic E-state index is 12.8. The van der Waals surface area contributed by atoms with E-state index in [1.807, 2.05) is 0 Å². The first-order valence-electron chi connectivity index (χ1n) is 9.34. The summed E-state index contributed by atoms with van der Waals surface area (Å²) in [5.74, 6) is -0.766. The van der Waals surface area contributed by atoms with Crippen molar-refractivity contribution >= 4 is 40.0 Å². The van der Waals surface area contributed by atoms with Gasteiger partial charge in [-0.15, -0.1) is 5.10 Å². The summed E-state index contributed by atoms with van der Waals surface area (Å²) in [4.78, 5) is 38.8. The molecule has 2 heterocycles. The number of hydrogen-bond acceptors (Lipinski definition) is 10. The van der Waals surface area contributed by atoms with Gasteiger partial charge in [0.2, 0.25) is 23.3 Å². The average molecular weight is 450 g/mol. The Labute approximate surface area is 182 Å². The van der Waals surface area contributed by atoms with E-state index in [4.69, 9.17) is 18.9 Å². The van der Waals surface area contributed by atoms with Crippen molar-refractivity contribution in [3.05, 3.63) is 17.8 Å². The first-order valence-corrected chi connectivity index (χ1v) is 10.1. The molecule has 1 aliphatic rings. The van der Waals surface area contributed by atoms with Crippen LogP contribution in [0.5, 0.6) is 17.2 Å². The van der Waals surface area contributed by atoms with E-state index < -0.39 is 17.8 Å². The number of hydrogen-bond donors (Lipinski definition) is 1. The van der Waals surface area contributed by atoms with E-state index in [0.717, 1.165) is 11.5 Å². The molecule has 1 fully saturated rings. The van der Waals surface area contributed by atoms with E-state index in [9.17, 15) is 14.4 Å². The number of methoxy groups -OCH3 is 3. The quantitative estimate of drug-likeness (QED) is 0.598. The first kappa shape index (κ1) is 22.3. The number of carbonyl (C=O) groups is 3. The summed E-state index contributed by atoms with van der Waals surface area (Å²) in [7, 11) is 4.45. The summed E-state index contributed by atoms with van der Waals surface area (Å²) in [6.45, 7) is 1.98. The van der Waals surface area contributed by atoms with Gasteiger partial charge in [0.1, 0.15) is 0 Å². The Morgan fingerprint density at radius 1 is 1.19 bits per heavy atom. The molecule has 12 heteroatoms. The van der Waals surface area contributed by atoms with Crippen molar-refractivity contribution in [2.24, 2.45) is 5.92 Å². The molecule has 0 saturated carbocycles. The van der Waals surface area contributed by atoms with Gasteiger partial charge in [-0.25, -0.2) is 4.79 Å². The van der Waals surface area contributed by atoms with Crippen LogP contribution in [0.15, 0.2) is 12.1 Å². The van der Waals surface area contributed by atoms with Gasteiger partial charge < -0.3 is 29.2 Å². The lowest BCUT2D eigenvalue weighted by molar-refractivity contribution is -0.122. The number of nitrogens with zero attached hydrogens (tertiary/aromatic N) is 3. The monoisotopic (exact) mass is 450 g/mol. The predicted molar refractivity (Wildman–Crippen MR) is 111 cm³/mol. The third-order valence-electron chi connectivity index (χ3n) is 4.65. The number of anilines is 2. The number of amides is 2. The van der Waals surface area contributed by atoms with Gasteiger partial charge >= 0.3 is 5.97 Å². The molecule has 0 spiro atoms. The van der Waals surface area contributed by atoms with Gasteiger partial charge in [0.25, 0.3) is 0 Å². The van der Waals surface area contributed by atoms with Crippen LogP contribution in [0, 0.1) is 5.92 Å². The molecule has 1 aliphatic heterocycles. The minimum atomic E-state index is -0.673. The van der Waals surface area contributed by atoms with Crippen molar-refractivity contribution in [3.63, 3.8) is 0 Å². The summed E-state index contributed by atoms with van der Waals surface area (Å²) in [6.07, 6.45) is 0.00344. The van der Waals surface area contributed by atoms with Gasteiger partial charge in [-0.05, 0) is 6.92 Å². The zero-order chi connectivity index (χ0) is 22.5. The van der Waals surface area contributed by atoms with Crippen molar-refractivity contribution in [1.82, 2.24) is 9.59 Å². The lowest BCUT2D eigenvalue weighted by atomic mass is 10.1. The van der Waals surface area contributed by atoms with Crippen LogP contribution in [0.25, 0.3) is 0 Å². The van der Waals surface area contributed by atoms with Gasteiger partial charge in [0.15, 0.2) is 16.5 Å². The third-order valence-corrected chi connectivity index (χ3v) is 5.29. The Hall–Kier alpha value is -3.41. The van der Waals surface area contributed by atoms with Gasteiger partial charge in [-0.1, -0.05) is 4.49 Å². The van der Waals surface area contributed by atoms with Gasteiger partial charge in [0.05, 0.1) is 39.5 Å². The fourth-order valence-corrected chi connectivity index (χ4v) is 3.74. The van der Waals surface area contributed by atoms with Crippen molar-refractivity contribution in [2.45, 2.75) is 13.3 Å². The molecule has 0 radical (unpaired) electrons. The molecule has 1 N–H and O–H groups in total. The van der Waals surface area contributed by atoms with Crippen LogP contribution in [0.1, 0.15) is 23.8 Å². The molecule has 1 atom stereocenters. The molecular weight excluding hydrogens is 428 g/mol. The Kier molecular flexibility index (Phi) is 6.90. The number of aromatic nitrogens is 2. The fourth-order valence-electron chi connectivity index (χ4n) is 3.18. The van der Waals surface area contributed by atoms with Crippen LogP contribution < -0.4 is 24.4 Å². The molecule has 11 nitrogen and oxygen atoms in total. The van der Waals surface area contributed by atoms with Crippen molar-refractivity contribution in [2.75, 3.05) is 44.7 Å². The van der Waals surface area contributed by atoms with E-state index in [-0.39, 0.29) is 36.2 Å². The number of rotatable bonds is 8. The Morgan fingerprint density at radius 3 is 2.45 bits per heavy atom. The lowest BCUT2D eigenvalue weighted by Gasteiger charge is -2.20. The van der Waals surface area contributed by atoms with Crippen LogP contribution in [0.3, 0.4) is 0 Å². The highest BCUT2D eigenvalue weighted by atomic mass is 32.1. The summed E-state index contributed by atoms with van der Waals surface area (Å²) in [6, 6.07) is 3.29. The molecule has 0 aliphatic carbocycles. The van der Waals surface area contributed by atoms with Crippen molar-refractivity contribution in [1.29, 1.82) is 0 Å². The number of esters is 1. The van der Waals surface area contributed by atoms with E-state index in [1.54, 1.807) is 19.1 Å². The molecule has 1 unspecified atom stereocenters. The summed E-state index contributed by atoms with van der Waals surface area (Å²) < 4.78 is 24.6. The molecule has 2 amide bonds. The molecule has 31 heavy (non-hydrogen) atoms. The van der Waals surface area contributed by atoms with Gasteiger partial charge in [-0.2, -0.15) is 0 Å². The molecular formula is C19H22N4O7S. The maximum Gasteiger partial charge on any atom is 0.362 e. The topological polar surface area (TPSA) is 129 Å². The molecule has 1 aromatic heterocycles. The summed E-state index contributed by atoms with van der Waals surface area (Å²) in [5.41, 5.74) is 0.451. The maximum atomic E-state index is 12.8. The Bertz CT molecular complexity index is 968. The van der Waals surface area contributed by atoms with Crippen LogP contribution in [-0.4, -0.2) is 61.9 Å². The standard InChI is InChI=1S/C19H22N4O7S/c1-5-30-19(26)15-18(31-22-21-15)20-17(25)10-6-14(24)23(9-10)11-7-12(27-2)16(29-4)13(8-11)28-3/h7-8,10H,5-6,9H2,1-4H3,(H,20,25). The zero-order valence-electron chi connectivity index (χ0n) is 17.5. The predicted octanol–water partition coefficient (Wildman–Crippen LogP) is 1.73. The molecule has 2 aromatic rings. The molecule has 3 rings (SSSR count). The van der Waals surface area contributed by atoms with E-state index in [2.05, 4.69) is 14.9 Å². The van der Waals surface area contributed by atoms with E-state index >= 15 is 0 Å². The SMILES string of the molecule is CCOC(=O)c1nnsc1NC(=O)C1CC(=O)N(c2cc(OC)c(OC)c(OC)c2)C1. The number of carbonyl (C=O) groups excluding carboxylic acids is 3. The lowest BCUT2D eigenvalue weighted by Crippen LogP contribution is -2.28. The van der Waals surface area contributed by atoms with Crippen LogP contribution in [0.4, 0.5) is 10.7 Å². The smallest absolute Gasteiger partial charge is 0.362 e. The second-order valence-electron chi connectivity index (χ2n) is 6.45. The largest absolute Gasteiger partial charge is 0.493 e. The van der Waals surface area contributed by atoms with E-state index in [0.29, 0.717) is 22.9 Å². The second kappa shape index (κ2) is 9.60. The Morgan fingerprint density at radius 2 is 1.87 bits per heavy atom. The van der Waals surface area contributed by atoms with Crippen molar-refractivity contribution < 1.29 is 33.3 Å². The van der Waals surface area contributed by atoms with Crippen LogP contribution in [0.2, 0.25) is 0 Å². The fraction of sp³-hybridized carbons (Fsp3) is 0.421. The molecule has 166 valence electrons. The highest BCUT2D eigenvalue weighted by molar-refractivity contribution is 7.10. The van der Waals surface area contributed by atoms with E-state index in [1.165, 1.54) is 26.2 Å². The zero-order valence-corrected chi connectivity index (χ0v) is 18.3. The molecule has 0 bridgehead atoms. The van der Waals surface area contributed by atoms with Crippen LogP contribution >= 0.6 is 11.5 Å². The summed E-state index contributed by atoms with van der Waals surface area (Å²) in [5, 5.41) is 6.52. The Balaban J connectivity index is 1.77. The molecule has 1 aromatic carbocycles. The minimum absolute atomic E-state index is 0.00344.